The monoisotopic (exact) mass is 248 g/mol. The van der Waals surface area contributed by atoms with Crippen LogP contribution in [0.3, 0.4) is 0 Å². The second-order valence-electron chi connectivity index (χ2n) is 3.48. The van der Waals surface area contributed by atoms with Gasteiger partial charge in [-0.25, -0.2) is 9.37 Å². The molecular weight excluding hydrogens is 243 g/mol. The number of fused-ring (bicyclic) bond motifs is 1. The number of halogens is 2. The molecule has 0 fully saturated rings. The highest BCUT2D eigenvalue weighted by Crippen LogP contribution is 2.26. The van der Waals surface area contributed by atoms with Crippen LogP contribution in [0.4, 0.5) is 4.39 Å². The molecule has 0 saturated carbocycles. The van der Waals surface area contributed by atoms with Crippen LogP contribution >= 0.6 is 11.6 Å². The van der Waals surface area contributed by atoms with Crippen LogP contribution in [0.15, 0.2) is 30.5 Å². The van der Waals surface area contributed by atoms with Gasteiger partial charge in [-0.1, -0.05) is 12.1 Å². The zero-order valence-electron chi connectivity index (χ0n) is 8.48. The lowest BCUT2D eigenvalue weighted by molar-refractivity contribution is 0.628. The molecule has 0 saturated heterocycles. The summed E-state index contributed by atoms with van der Waals surface area (Å²) in [5, 5.41) is 7.38. The summed E-state index contributed by atoms with van der Waals surface area (Å²) >= 11 is 5.81. The Labute approximate surface area is 100 Å². The molecule has 0 unspecified atom stereocenters. The van der Waals surface area contributed by atoms with E-state index in [9.17, 15) is 4.39 Å². The first-order chi connectivity index (χ1) is 8.24. The third-order valence-electron chi connectivity index (χ3n) is 2.38. The maximum atomic E-state index is 13.2. The highest BCUT2D eigenvalue weighted by Gasteiger charge is 2.10. The Morgan fingerprint density at radius 1 is 1.24 bits per heavy atom. The van der Waals surface area contributed by atoms with Crippen molar-refractivity contribution in [2.45, 2.75) is 0 Å². The van der Waals surface area contributed by atoms with Gasteiger partial charge >= 0.3 is 0 Å². The van der Waals surface area contributed by atoms with Crippen LogP contribution in [-0.2, 0) is 0 Å². The first-order valence-corrected chi connectivity index (χ1v) is 5.24. The van der Waals surface area contributed by atoms with E-state index in [0.29, 0.717) is 22.3 Å². The number of rotatable bonds is 1. The molecule has 2 heterocycles. The molecule has 17 heavy (non-hydrogen) atoms. The molecule has 2 aromatic heterocycles. The highest BCUT2D eigenvalue weighted by molar-refractivity contribution is 6.28. The van der Waals surface area contributed by atoms with E-state index in [4.69, 9.17) is 11.6 Å². The summed E-state index contributed by atoms with van der Waals surface area (Å²) < 4.78 is 13.2. The number of hydrogen-bond donors (Lipinski definition) is 1. The minimum absolute atomic E-state index is 0.0982. The van der Waals surface area contributed by atoms with Gasteiger partial charge in [0.05, 0.1) is 17.3 Å². The van der Waals surface area contributed by atoms with E-state index in [1.807, 2.05) is 0 Å². The van der Waals surface area contributed by atoms with Gasteiger partial charge in [0.15, 0.2) is 5.65 Å². The topological polar surface area (TPSA) is 54.5 Å². The summed E-state index contributed by atoms with van der Waals surface area (Å²) in [6.45, 7) is 0. The number of nitrogens with one attached hydrogen (secondary N) is 1. The van der Waals surface area contributed by atoms with E-state index in [-0.39, 0.29) is 11.1 Å². The Morgan fingerprint density at radius 3 is 2.94 bits per heavy atom. The van der Waals surface area contributed by atoms with Gasteiger partial charge in [0.1, 0.15) is 5.82 Å². The van der Waals surface area contributed by atoms with Crippen molar-refractivity contribution in [2.24, 2.45) is 0 Å². The summed E-state index contributed by atoms with van der Waals surface area (Å²) in [5.41, 5.74) is 1.73. The second kappa shape index (κ2) is 3.78. The van der Waals surface area contributed by atoms with Crippen LogP contribution < -0.4 is 0 Å². The maximum Gasteiger partial charge on any atom is 0.224 e. The van der Waals surface area contributed by atoms with Crippen LogP contribution in [0.25, 0.3) is 22.3 Å². The average Bonchev–Trinajstić information content (AvgIpc) is 2.75. The van der Waals surface area contributed by atoms with Gasteiger partial charge < -0.3 is 0 Å². The molecule has 1 aromatic carbocycles. The number of aromatic amines is 1. The quantitative estimate of drug-likeness (QED) is 0.674. The van der Waals surface area contributed by atoms with Crippen molar-refractivity contribution in [3.05, 3.63) is 41.6 Å². The van der Waals surface area contributed by atoms with Crippen LogP contribution in [0.1, 0.15) is 0 Å². The summed E-state index contributed by atoms with van der Waals surface area (Å²) in [7, 11) is 0. The van der Waals surface area contributed by atoms with Gasteiger partial charge in [0.25, 0.3) is 0 Å². The SMILES string of the molecule is Fc1cccc(-c2nc(Cl)nc3[nH]ncc23)c1. The van der Waals surface area contributed by atoms with E-state index in [2.05, 4.69) is 20.2 Å². The van der Waals surface area contributed by atoms with Crippen molar-refractivity contribution in [3.8, 4) is 11.3 Å². The average molecular weight is 249 g/mol. The summed E-state index contributed by atoms with van der Waals surface area (Å²) in [4.78, 5) is 8.10. The Morgan fingerprint density at radius 2 is 2.12 bits per heavy atom. The fraction of sp³-hybridized carbons (Fsp3) is 0. The van der Waals surface area contributed by atoms with E-state index in [1.54, 1.807) is 18.3 Å². The van der Waals surface area contributed by atoms with Gasteiger partial charge in [-0.3, -0.25) is 5.10 Å². The normalized spacial score (nSPS) is 10.9. The Balaban J connectivity index is 2.32. The molecular formula is C11H6ClFN4. The number of nitrogens with zero attached hydrogens (tertiary/aromatic N) is 3. The Hall–Kier alpha value is -2.01. The molecule has 4 nitrogen and oxygen atoms in total. The van der Waals surface area contributed by atoms with Crippen molar-refractivity contribution >= 4 is 22.6 Å². The summed E-state index contributed by atoms with van der Waals surface area (Å²) in [6.07, 6.45) is 1.59. The van der Waals surface area contributed by atoms with E-state index in [1.165, 1.54) is 12.1 Å². The van der Waals surface area contributed by atoms with Gasteiger partial charge in [-0.15, -0.1) is 0 Å². The molecule has 3 aromatic rings. The Kier molecular flexibility index (Phi) is 2.26. The molecule has 0 atom stereocenters. The molecule has 0 amide bonds. The number of hydrogen-bond acceptors (Lipinski definition) is 3. The largest absolute Gasteiger partial charge is 0.261 e. The molecule has 6 heteroatoms. The molecule has 0 radical (unpaired) electrons. The van der Waals surface area contributed by atoms with Crippen molar-refractivity contribution < 1.29 is 4.39 Å². The fourth-order valence-corrected chi connectivity index (χ4v) is 1.83. The zero-order chi connectivity index (χ0) is 11.8. The summed E-state index contributed by atoms with van der Waals surface area (Å²) in [6, 6.07) is 6.14. The smallest absolute Gasteiger partial charge is 0.224 e. The molecule has 0 aliphatic carbocycles. The number of H-pyrrole nitrogens is 1. The van der Waals surface area contributed by atoms with E-state index in [0.717, 1.165) is 0 Å². The van der Waals surface area contributed by atoms with E-state index >= 15 is 0 Å². The third kappa shape index (κ3) is 1.74. The van der Waals surface area contributed by atoms with Crippen LogP contribution in [0.5, 0.6) is 0 Å². The van der Waals surface area contributed by atoms with Gasteiger partial charge in [0.2, 0.25) is 5.28 Å². The van der Waals surface area contributed by atoms with Crippen molar-refractivity contribution in [3.63, 3.8) is 0 Å². The minimum atomic E-state index is -0.325. The molecule has 1 N–H and O–H groups in total. The van der Waals surface area contributed by atoms with Crippen LogP contribution in [0, 0.1) is 5.82 Å². The predicted octanol–water partition coefficient (Wildman–Crippen LogP) is 2.81. The lowest BCUT2D eigenvalue weighted by Crippen LogP contribution is -1.90. The van der Waals surface area contributed by atoms with Crippen molar-refractivity contribution in [1.82, 2.24) is 20.2 Å². The van der Waals surface area contributed by atoms with Crippen LogP contribution in [-0.4, -0.2) is 20.2 Å². The number of aromatic nitrogens is 4. The molecule has 0 bridgehead atoms. The first kappa shape index (κ1) is 10.2. The van der Waals surface area contributed by atoms with Crippen molar-refractivity contribution in [2.75, 3.05) is 0 Å². The third-order valence-corrected chi connectivity index (χ3v) is 2.55. The first-order valence-electron chi connectivity index (χ1n) is 4.86. The van der Waals surface area contributed by atoms with Gasteiger partial charge in [-0.05, 0) is 23.7 Å². The molecule has 3 rings (SSSR count). The minimum Gasteiger partial charge on any atom is -0.261 e. The molecule has 84 valence electrons. The summed E-state index contributed by atoms with van der Waals surface area (Å²) in [5.74, 6) is -0.325. The number of benzene rings is 1. The lowest BCUT2D eigenvalue weighted by Gasteiger charge is -2.02. The van der Waals surface area contributed by atoms with Crippen molar-refractivity contribution in [1.29, 1.82) is 0 Å². The van der Waals surface area contributed by atoms with Gasteiger partial charge in [-0.2, -0.15) is 10.1 Å². The standard InChI is InChI=1S/C11H6ClFN4/c12-11-15-9(6-2-1-3-7(13)4-6)8-5-14-17-10(8)16-11/h1-5H,(H,14,15,16,17). The fourth-order valence-electron chi connectivity index (χ4n) is 1.66. The predicted molar refractivity (Wildman–Crippen MR) is 62.1 cm³/mol. The van der Waals surface area contributed by atoms with Crippen LogP contribution in [0.2, 0.25) is 5.28 Å². The molecule has 0 spiro atoms. The lowest BCUT2D eigenvalue weighted by atomic mass is 10.1. The zero-order valence-corrected chi connectivity index (χ0v) is 9.24. The molecule has 0 aliphatic rings. The van der Waals surface area contributed by atoms with Gasteiger partial charge in [0, 0.05) is 5.56 Å². The molecule has 0 aliphatic heterocycles. The maximum absolute atomic E-state index is 13.2. The second-order valence-corrected chi connectivity index (χ2v) is 3.82. The highest BCUT2D eigenvalue weighted by atomic mass is 35.5. The Bertz CT molecular complexity index is 695. The van der Waals surface area contributed by atoms with E-state index < -0.39 is 0 Å².